The Labute approximate surface area is 428 Å². The van der Waals surface area contributed by atoms with Crippen LogP contribution in [0, 0.1) is 11.3 Å². The van der Waals surface area contributed by atoms with Crippen molar-refractivity contribution in [2.24, 2.45) is 20.5 Å². The van der Waals surface area contributed by atoms with Crippen LogP contribution in [0.25, 0.3) is 0 Å². The first-order chi connectivity index (χ1) is 30.0. The molecule has 0 aliphatic carbocycles. The highest BCUT2D eigenvalue weighted by atomic mass is 79.9. The van der Waals surface area contributed by atoms with Crippen molar-refractivity contribution in [2.45, 2.75) is 39.7 Å². The normalized spacial score (nSPS) is 9.31. The van der Waals surface area contributed by atoms with Gasteiger partial charge in [0.1, 0.15) is 6.54 Å². The van der Waals surface area contributed by atoms with Crippen molar-refractivity contribution in [1.29, 1.82) is 5.26 Å². The molecule has 0 unspecified atom stereocenters. The lowest BCUT2D eigenvalue weighted by atomic mass is 10.3. The van der Waals surface area contributed by atoms with Gasteiger partial charge in [-0.2, -0.15) is 25.7 Å². The summed E-state index contributed by atoms with van der Waals surface area (Å²) >= 11 is 3.27. The third-order valence-corrected chi connectivity index (χ3v) is 8.52. The van der Waals surface area contributed by atoms with Gasteiger partial charge < -0.3 is 77.1 Å². The number of unbranched alkanes of at least 4 members (excludes halogenated alkanes) is 1. The predicted octanol–water partition coefficient (Wildman–Crippen LogP) is 1.79. The number of nitrogens with zero attached hydrogens (tertiary/aromatic N) is 11. The van der Waals surface area contributed by atoms with Crippen molar-refractivity contribution < 1.29 is 61.2 Å². The Morgan fingerprint density at radius 3 is 1.23 bits per heavy atom. The zero-order valence-corrected chi connectivity index (χ0v) is 45.2. The van der Waals surface area contributed by atoms with Crippen LogP contribution in [0.15, 0.2) is 173 Å². The molecule has 17 heteroatoms. The first kappa shape index (κ1) is 64.2. The zero-order chi connectivity index (χ0) is 45.8. The fourth-order valence-electron chi connectivity index (χ4n) is 4.47. The maximum atomic E-state index is 7.32. The van der Waals surface area contributed by atoms with Crippen molar-refractivity contribution in [2.75, 3.05) is 74.6 Å². The van der Waals surface area contributed by atoms with Crippen LogP contribution < -0.4 is 81.7 Å². The Kier molecular flexibility index (Phi) is 41.0. The van der Waals surface area contributed by atoms with Crippen LogP contribution in [0.5, 0.6) is 0 Å². The van der Waals surface area contributed by atoms with Gasteiger partial charge in [-0.15, -0.1) is 0 Å². The molecule has 6 rings (SSSR count). The summed E-state index contributed by atoms with van der Waals surface area (Å²) in [5.41, 5.74) is 16.7. The van der Waals surface area contributed by atoms with Crippen LogP contribution in [0.1, 0.15) is 33.1 Å². The van der Waals surface area contributed by atoms with Gasteiger partial charge in [0.15, 0.2) is 12.4 Å². The lowest BCUT2D eigenvalue weighted by Crippen LogP contribution is -3.00. The van der Waals surface area contributed by atoms with E-state index in [0.717, 1.165) is 58.2 Å². The summed E-state index contributed by atoms with van der Waals surface area (Å²) in [5.74, 6) is 0. The van der Waals surface area contributed by atoms with Crippen LogP contribution in [0.3, 0.4) is 0 Å². The molecular formula is C48H66Br4N13-. The fraction of sp³-hybridized carbons (Fsp3) is 0.292. The van der Waals surface area contributed by atoms with Crippen LogP contribution >= 0.6 is 15.9 Å². The minimum absolute atomic E-state index is 0. The van der Waals surface area contributed by atoms with Gasteiger partial charge in [-0.25, -0.2) is 4.57 Å². The van der Waals surface area contributed by atoms with Gasteiger partial charge in [0.2, 0.25) is 0 Å². The number of nitriles is 1. The van der Waals surface area contributed by atoms with E-state index in [0.29, 0.717) is 0 Å². The van der Waals surface area contributed by atoms with Crippen molar-refractivity contribution in [3.8, 4) is 6.07 Å². The molecule has 0 amide bonds. The number of halogens is 4. The number of hydrogen-bond donors (Lipinski definition) is 2. The van der Waals surface area contributed by atoms with E-state index < -0.39 is 0 Å². The maximum absolute atomic E-state index is 7.32. The van der Waals surface area contributed by atoms with Gasteiger partial charge in [-0.1, -0.05) is 47.5 Å². The number of azo groups is 2. The quantitative estimate of drug-likeness (QED) is 0.107. The maximum Gasteiger partial charge on any atom is 0.171 e. The topological polar surface area (TPSA) is 166 Å². The standard InChI is InChI=1S/C17H23N4.C13H14N4.C8H11N.C5H6N2.C3H8BrN.C2H3N.3BrH/c1-4-5-12-21-13-10-16(11-14-21)19-18-15-6-8-17(9-7-15)20(2)3;1-17(2)13-5-3-11(4-6-13)15-16-12-7-9-14-10-8-12;1-9(2)8-6-4-3-5-7-8;6-5-1-3-7-4-2-5;4-2-1-3-5;1-2-3;;;/h6-11,13-14H,4-5,12H2,1-3H3;3-10H,1-2H3;3-7H,1-2H3;1-4H,(H2,6,7);1-3,5H2;1H3;3*1H/q+1;;;;;;;;/p-2. The number of quaternary nitrogens is 1. The molecule has 65 heavy (non-hydrogen) atoms. The molecule has 0 atom stereocenters. The molecule has 0 spiro atoms. The Morgan fingerprint density at radius 2 is 0.938 bits per heavy atom. The molecule has 0 fully saturated rings. The summed E-state index contributed by atoms with van der Waals surface area (Å²) < 4.78 is 2.17. The van der Waals surface area contributed by atoms with Gasteiger partial charge in [-0.05, 0) is 84.9 Å². The first-order valence-corrected chi connectivity index (χ1v) is 21.4. The number of benzene rings is 3. The van der Waals surface area contributed by atoms with Crippen molar-refractivity contribution in [1.82, 2.24) is 9.97 Å². The minimum atomic E-state index is 0. The summed E-state index contributed by atoms with van der Waals surface area (Å²) in [4.78, 5) is 13.9. The molecule has 0 aliphatic heterocycles. The van der Waals surface area contributed by atoms with Crippen LogP contribution in [-0.4, -0.2) is 64.1 Å². The number of pyridine rings is 3. The molecule has 13 nitrogen and oxygen atoms in total. The smallest absolute Gasteiger partial charge is 0.171 e. The summed E-state index contributed by atoms with van der Waals surface area (Å²) in [6, 6.07) is 39.1. The second kappa shape index (κ2) is 41.6. The third-order valence-electron chi connectivity index (χ3n) is 7.96. The van der Waals surface area contributed by atoms with Gasteiger partial charge in [-0.3, -0.25) is 9.97 Å². The Balaban J connectivity index is -0.000000778. The van der Waals surface area contributed by atoms with Crippen LogP contribution in [-0.2, 0) is 6.54 Å². The monoisotopic (exact) mass is 1140 g/mol. The van der Waals surface area contributed by atoms with E-state index in [1.54, 1.807) is 43.0 Å². The predicted molar refractivity (Wildman–Crippen MR) is 263 cm³/mol. The molecule has 3 aromatic carbocycles. The molecule has 352 valence electrons. The number of aromatic nitrogens is 3. The zero-order valence-electron chi connectivity index (χ0n) is 38.9. The van der Waals surface area contributed by atoms with E-state index in [4.69, 9.17) is 11.0 Å². The van der Waals surface area contributed by atoms with Crippen LogP contribution in [0.2, 0.25) is 0 Å². The van der Waals surface area contributed by atoms with Crippen molar-refractivity contribution in [3.05, 3.63) is 152 Å². The second-order valence-electron chi connectivity index (χ2n) is 13.7. The van der Waals surface area contributed by atoms with E-state index in [1.807, 2.05) is 138 Å². The number of anilines is 4. The number of aryl methyl sites for hydroxylation is 1. The highest BCUT2D eigenvalue weighted by Gasteiger charge is 2.00. The third kappa shape index (κ3) is 32.2. The lowest BCUT2D eigenvalue weighted by Gasteiger charge is -2.11. The summed E-state index contributed by atoms with van der Waals surface area (Å²) in [7, 11) is 12.1. The largest absolute Gasteiger partial charge is 1.00 e. The van der Waals surface area contributed by atoms with E-state index in [2.05, 4.69) is 97.9 Å². The van der Waals surface area contributed by atoms with E-state index >= 15 is 0 Å². The Morgan fingerprint density at radius 1 is 0.585 bits per heavy atom. The molecule has 3 heterocycles. The fourth-order valence-corrected chi connectivity index (χ4v) is 4.86. The van der Waals surface area contributed by atoms with Crippen molar-refractivity contribution >= 4 is 61.4 Å². The molecule has 5 N–H and O–H groups in total. The van der Waals surface area contributed by atoms with Gasteiger partial charge in [0, 0.05) is 127 Å². The number of nitrogens with two attached hydrogens (primary N) is 1. The summed E-state index contributed by atoms with van der Waals surface area (Å²) in [6.07, 6.45) is 14.4. The molecular weight excluding hydrogens is 1080 g/mol. The first-order valence-electron chi connectivity index (χ1n) is 20.3. The minimum Gasteiger partial charge on any atom is -1.00 e. The molecule has 6 aromatic rings. The Bertz CT molecular complexity index is 2070. The van der Waals surface area contributed by atoms with E-state index in [1.165, 1.54) is 31.9 Å². The highest BCUT2D eigenvalue weighted by molar-refractivity contribution is 9.09. The molecule has 0 aliphatic rings. The average Bonchev–Trinajstić information content (AvgIpc) is 3.30. The average molecular weight is 1140 g/mol. The number of hydrogen-bond acceptors (Lipinski definition) is 11. The van der Waals surface area contributed by atoms with Crippen molar-refractivity contribution in [3.63, 3.8) is 0 Å². The number of para-hydroxylation sites is 1. The molecule has 0 bridgehead atoms. The molecule has 0 saturated carbocycles. The molecule has 0 saturated heterocycles. The number of nitrogen functional groups attached to an aromatic ring is 1. The summed E-state index contributed by atoms with van der Waals surface area (Å²) in [5, 5.41) is 25.2. The lowest BCUT2D eigenvalue weighted by molar-refractivity contribution is -0.697. The molecule has 3 aromatic heterocycles. The molecule has 0 radical (unpaired) electrons. The highest BCUT2D eigenvalue weighted by Crippen LogP contribution is 2.22. The van der Waals surface area contributed by atoms with Gasteiger partial charge in [0.05, 0.1) is 35.4 Å². The number of rotatable bonds is 12. The number of alkyl halides is 1. The second-order valence-corrected chi connectivity index (χ2v) is 14.5. The SMILES string of the molecule is CC#N.CCCC[n+]1ccc(N=Nc2ccc(N(C)C)cc2)cc1.CN(C)c1ccc(N=Nc2ccncc2)cc1.CN(C)c1ccccc1.Nc1ccncc1.[Br-].[Br-].[Br-].[NH3+]CCCBr. The van der Waals surface area contributed by atoms with E-state index in [-0.39, 0.29) is 50.9 Å². The Hall–Kier alpha value is -5.12. The van der Waals surface area contributed by atoms with Crippen LogP contribution in [0.4, 0.5) is 45.5 Å². The van der Waals surface area contributed by atoms with Gasteiger partial charge >= 0.3 is 0 Å². The summed E-state index contributed by atoms with van der Waals surface area (Å²) in [6.45, 7) is 5.73. The van der Waals surface area contributed by atoms with Gasteiger partial charge in [0.25, 0.3) is 0 Å². The van der Waals surface area contributed by atoms with E-state index in [9.17, 15) is 0 Å².